The molecule has 0 aliphatic rings. The number of alkyl halides is 3. The molecule has 0 saturated carbocycles. The summed E-state index contributed by atoms with van der Waals surface area (Å²) < 4.78 is 59.7. The smallest absolute Gasteiger partial charge is 0.335 e. The van der Waals surface area contributed by atoms with Crippen LogP contribution in [0.1, 0.15) is 32.7 Å². The molecule has 106 valence electrons. The molecule has 1 aromatic heterocycles. The molecule has 0 bridgehead atoms. The Morgan fingerprint density at radius 1 is 1.44 bits per heavy atom. The van der Waals surface area contributed by atoms with Crippen molar-refractivity contribution in [2.24, 2.45) is 0 Å². The minimum absolute atomic E-state index is 0.604. The van der Waals surface area contributed by atoms with E-state index in [1.807, 2.05) is 18.7 Å². The zero-order valence-electron chi connectivity index (χ0n) is 9.92. The largest absolute Gasteiger partial charge is 0.522 e. The van der Waals surface area contributed by atoms with Crippen LogP contribution in [-0.4, -0.2) is 28.0 Å². The highest BCUT2D eigenvalue weighted by Gasteiger charge is 2.44. The molecule has 1 atom stereocenters. The lowest BCUT2D eigenvalue weighted by Crippen LogP contribution is -2.21. The van der Waals surface area contributed by atoms with Crippen molar-refractivity contribution in [1.29, 1.82) is 0 Å². The fraction of sp³-hybridized carbons (Fsp3) is 0.667. The van der Waals surface area contributed by atoms with Gasteiger partial charge in [0.1, 0.15) is 0 Å². The lowest BCUT2D eigenvalue weighted by molar-refractivity contribution is -0.0510. The summed E-state index contributed by atoms with van der Waals surface area (Å²) in [6, 6.07) is 0.604. The van der Waals surface area contributed by atoms with Crippen molar-refractivity contribution in [2.75, 3.05) is 0 Å². The van der Waals surface area contributed by atoms with Crippen molar-refractivity contribution in [1.82, 2.24) is 9.55 Å². The Kier molecular flexibility index (Phi) is 6.33. The Balaban J connectivity index is 0.000000331. The van der Waals surface area contributed by atoms with Crippen LogP contribution < -0.4 is 0 Å². The first-order valence-corrected chi connectivity index (χ1v) is 6.54. The zero-order valence-corrected chi connectivity index (χ0v) is 10.7. The van der Waals surface area contributed by atoms with E-state index < -0.39 is 15.6 Å². The average Bonchev–Trinajstić information content (AvgIpc) is 2.68. The minimum atomic E-state index is -5.84. The summed E-state index contributed by atoms with van der Waals surface area (Å²) in [7, 11) is -5.84. The molecule has 1 rings (SSSR count). The van der Waals surface area contributed by atoms with Gasteiger partial charge in [-0.05, 0) is 13.3 Å². The maximum absolute atomic E-state index is 10.7. The van der Waals surface area contributed by atoms with Crippen LogP contribution in [0.5, 0.6) is 0 Å². The summed E-state index contributed by atoms with van der Waals surface area (Å²) in [5.74, 6) is 0. The molecule has 0 aliphatic carbocycles. The molecule has 0 fully saturated rings. The second-order valence-electron chi connectivity index (χ2n) is 3.57. The van der Waals surface area contributed by atoms with Gasteiger partial charge in [-0.2, -0.15) is 21.6 Å². The van der Waals surface area contributed by atoms with Crippen molar-refractivity contribution in [2.45, 2.75) is 38.2 Å². The van der Waals surface area contributed by atoms with Gasteiger partial charge in [0.2, 0.25) is 0 Å². The third-order valence-corrected chi connectivity index (χ3v) is 2.62. The number of hydrogen-bond donors (Lipinski definition) is 1. The lowest BCUT2D eigenvalue weighted by atomic mass is 10.2. The van der Waals surface area contributed by atoms with E-state index in [1.54, 1.807) is 0 Å². The third kappa shape index (κ3) is 6.01. The Labute approximate surface area is 103 Å². The fourth-order valence-corrected chi connectivity index (χ4v) is 1.10. The first kappa shape index (κ1) is 16.9. The summed E-state index contributed by atoms with van der Waals surface area (Å²) in [6.07, 6.45) is 8.18. The van der Waals surface area contributed by atoms with Crippen molar-refractivity contribution in [3.8, 4) is 0 Å². The monoisotopic (exact) mass is 288 g/mol. The molecule has 18 heavy (non-hydrogen) atoms. The van der Waals surface area contributed by atoms with Gasteiger partial charge in [0, 0.05) is 18.4 Å². The maximum Gasteiger partial charge on any atom is 0.522 e. The highest BCUT2D eigenvalue weighted by Crippen LogP contribution is 2.20. The van der Waals surface area contributed by atoms with Gasteiger partial charge in [0.15, 0.2) is 0 Å². The van der Waals surface area contributed by atoms with Gasteiger partial charge in [-0.25, -0.2) is 4.98 Å². The Bertz CT molecular complexity index is 428. The number of imidazole rings is 1. The molecule has 0 aliphatic heterocycles. The zero-order chi connectivity index (χ0) is 14.4. The van der Waals surface area contributed by atoms with E-state index in [2.05, 4.69) is 23.4 Å². The van der Waals surface area contributed by atoms with Crippen LogP contribution in [0.4, 0.5) is 13.2 Å². The topological polar surface area (TPSA) is 72.2 Å². The van der Waals surface area contributed by atoms with Crippen LogP contribution >= 0.6 is 0 Å². The van der Waals surface area contributed by atoms with E-state index in [4.69, 9.17) is 13.0 Å². The normalized spacial score (nSPS) is 13.7. The lowest BCUT2D eigenvalue weighted by Gasteiger charge is -2.10. The minimum Gasteiger partial charge on any atom is -0.335 e. The van der Waals surface area contributed by atoms with Crippen LogP contribution in [0.15, 0.2) is 18.7 Å². The molecule has 0 aromatic carbocycles. The van der Waals surface area contributed by atoms with Crippen molar-refractivity contribution >= 4 is 10.1 Å². The Morgan fingerprint density at radius 3 is 2.22 bits per heavy atom. The van der Waals surface area contributed by atoms with Crippen molar-refractivity contribution in [3.63, 3.8) is 0 Å². The summed E-state index contributed by atoms with van der Waals surface area (Å²) in [6.45, 7) is 4.42. The van der Waals surface area contributed by atoms with E-state index in [0.29, 0.717) is 6.04 Å². The number of halogens is 3. The maximum atomic E-state index is 10.7. The van der Waals surface area contributed by atoms with Crippen LogP contribution in [0, 0.1) is 0 Å². The van der Waals surface area contributed by atoms with E-state index in [1.165, 1.54) is 12.8 Å². The molecule has 0 amide bonds. The molecular weight excluding hydrogens is 273 g/mol. The highest BCUT2D eigenvalue weighted by molar-refractivity contribution is 7.86. The molecule has 5 nitrogen and oxygen atoms in total. The van der Waals surface area contributed by atoms with E-state index in [9.17, 15) is 13.2 Å². The molecule has 0 saturated heterocycles. The second kappa shape index (κ2) is 6.74. The first-order valence-electron chi connectivity index (χ1n) is 5.10. The van der Waals surface area contributed by atoms with E-state index in [0.717, 1.165) is 0 Å². The number of hydrogen-bond acceptors (Lipinski definition) is 3. The molecule has 1 aromatic rings. The summed E-state index contributed by atoms with van der Waals surface area (Å²) in [5, 5.41) is 0. The van der Waals surface area contributed by atoms with Gasteiger partial charge in [0.05, 0.1) is 6.33 Å². The van der Waals surface area contributed by atoms with Crippen LogP contribution in [0.25, 0.3) is 0 Å². The SMILES string of the molecule is CCCC(C)n1ccnc1.O=S(=O)(O)C(F)(F)F. The van der Waals surface area contributed by atoms with Gasteiger partial charge in [-0.3, -0.25) is 4.55 Å². The molecular formula is C9H15F3N2O3S. The van der Waals surface area contributed by atoms with Gasteiger partial charge < -0.3 is 4.57 Å². The molecule has 0 spiro atoms. The van der Waals surface area contributed by atoms with Crippen LogP contribution in [-0.2, 0) is 10.1 Å². The number of rotatable bonds is 3. The quantitative estimate of drug-likeness (QED) is 0.685. The number of nitrogens with zero attached hydrogens (tertiary/aromatic N) is 2. The van der Waals surface area contributed by atoms with E-state index in [-0.39, 0.29) is 0 Å². The fourth-order valence-electron chi connectivity index (χ4n) is 1.10. The van der Waals surface area contributed by atoms with Gasteiger partial charge in [0.25, 0.3) is 0 Å². The summed E-state index contributed by atoms with van der Waals surface area (Å²) in [5.41, 5.74) is -5.53. The van der Waals surface area contributed by atoms with Gasteiger partial charge in [-0.1, -0.05) is 13.3 Å². The summed E-state index contributed by atoms with van der Waals surface area (Å²) in [4.78, 5) is 3.99. The number of aromatic nitrogens is 2. The van der Waals surface area contributed by atoms with Crippen LogP contribution in [0.2, 0.25) is 0 Å². The molecule has 9 heteroatoms. The average molecular weight is 288 g/mol. The van der Waals surface area contributed by atoms with Gasteiger partial charge >= 0.3 is 15.6 Å². The standard InChI is InChI=1S/C8H14N2.CHF3O3S/c1-3-4-8(2)10-6-5-9-7-10;2-1(3,4)8(5,6)7/h5-8H,3-4H2,1-2H3;(H,5,6,7). The van der Waals surface area contributed by atoms with E-state index >= 15 is 0 Å². The van der Waals surface area contributed by atoms with Gasteiger partial charge in [-0.15, -0.1) is 0 Å². The predicted octanol–water partition coefficient (Wildman–Crippen LogP) is 2.64. The van der Waals surface area contributed by atoms with Crippen molar-refractivity contribution in [3.05, 3.63) is 18.7 Å². The molecule has 1 N–H and O–H groups in total. The Hall–Kier alpha value is -1.09. The molecule has 1 unspecified atom stereocenters. The van der Waals surface area contributed by atoms with Crippen molar-refractivity contribution < 1.29 is 26.1 Å². The predicted molar refractivity (Wildman–Crippen MR) is 59.4 cm³/mol. The molecule has 1 heterocycles. The summed E-state index contributed by atoms with van der Waals surface area (Å²) >= 11 is 0. The third-order valence-electron chi connectivity index (χ3n) is 2.03. The van der Waals surface area contributed by atoms with Crippen LogP contribution in [0.3, 0.4) is 0 Å². The first-order chi connectivity index (χ1) is 8.09. The molecule has 0 radical (unpaired) electrons. The second-order valence-corrected chi connectivity index (χ2v) is 4.98. The Morgan fingerprint density at radius 2 is 1.94 bits per heavy atom. The highest BCUT2D eigenvalue weighted by atomic mass is 32.2.